The molecule has 0 radical (unpaired) electrons. The number of aromatic nitrogens is 2. The molecule has 0 atom stereocenters. The van der Waals surface area contributed by atoms with E-state index in [1.807, 2.05) is 6.92 Å². The summed E-state index contributed by atoms with van der Waals surface area (Å²) in [7, 11) is 3.13. The molecule has 1 aromatic carbocycles. The highest BCUT2D eigenvalue weighted by atomic mass is 16.5. The predicted octanol–water partition coefficient (Wildman–Crippen LogP) is 1.99. The lowest BCUT2D eigenvalue weighted by atomic mass is 10.1. The Hall–Kier alpha value is -2.50. The first-order chi connectivity index (χ1) is 10.1. The van der Waals surface area contributed by atoms with Crippen LogP contribution in [0.2, 0.25) is 0 Å². The number of ether oxygens (including phenoxy) is 2. The average Bonchev–Trinajstić information content (AvgIpc) is 2.50. The van der Waals surface area contributed by atoms with Crippen molar-refractivity contribution >= 4 is 5.82 Å². The van der Waals surface area contributed by atoms with Crippen LogP contribution in [0, 0.1) is 0 Å². The van der Waals surface area contributed by atoms with Crippen LogP contribution in [-0.2, 0) is 6.42 Å². The number of benzene rings is 1. The van der Waals surface area contributed by atoms with Gasteiger partial charge in [-0.3, -0.25) is 4.79 Å². The normalized spacial score (nSPS) is 10.4. The van der Waals surface area contributed by atoms with Gasteiger partial charge < -0.3 is 20.2 Å². The molecule has 0 aliphatic carbocycles. The van der Waals surface area contributed by atoms with Crippen molar-refractivity contribution in [3.05, 3.63) is 34.1 Å². The third-order valence-corrected chi connectivity index (χ3v) is 3.17. The van der Waals surface area contributed by atoms with E-state index >= 15 is 0 Å². The number of hydrogen-bond acceptors (Lipinski definition) is 5. The summed E-state index contributed by atoms with van der Waals surface area (Å²) in [5.41, 5.74) is 6.89. The first-order valence-electron chi connectivity index (χ1n) is 6.71. The van der Waals surface area contributed by atoms with Crippen molar-refractivity contribution in [3.63, 3.8) is 0 Å². The Labute approximate surface area is 122 Å². The molecule has 0 bridgehead atoms. The monoisotopic (exact) mass is 289 g/mol. The Bertz CT molecular complexity index is 673. The minimum absolute atomic E-state index is 0.207. The Morgan fingerprint density at radius 1 is 1.19 bits per heavy atom. The van der Waals surface area contributed by atoms with E-state index in [1.54, 1.807) is 32.4 Å². The number of anilines is 1. The second-order valence-electron chi connectivity index (χ2n) is 4.63. The molecular weight excluding hydrogens is 270 g/mol. The number of rotatable bonds is 5. The summed E-state index contributed by atoms with van der Waals surface area (Å²) in [6.45, 7) is 1.99. The van der Waals surface area contributed by atoms with Crippen LogP contribution >= 0.6 is 0 Å². The van der Waals surface area contributed by atoms with Crippen molar-refractivity contribution in [2.75, 3.05) is 20.0 Å². The van der Waals surface area contributed by atoms with E-state index in [1.165, 1.54) is 0 Å². The fourth-order valence-corrected chi connectivity index (χ4v) is 2.09. The van der Waals surface area contributed by atoms with Crippen molar-refractivity contribution in [2.24, 2.45) is 0 Å². The lowest BCUT2D eigenvalue weighted by Gasteiger charge is -2.09. The van der Waals surface area contributed by atoms with Crippen LogP contribution in [0.3, 0.4) is 0 Å². The topological polar surface area (TPSA) is 90.2 Å². The van der Waals surface area contributed by atoms with Crippen LogP contribution < -0.4 is 20.8 Å². The fraction of sp³-hybridized carbons (Fsp3) is 0.333. The van der Waals surface area contributed by atoms with Gasteiger partial charge in [0.25, 0.3) is 5.56 Å². The number of nitrogens with one attached hydrogen (secondary N) is 1. The number of methoxy groups -OCH3 is 2. The van der Waals surface area contributed by atoms with Gasteiger partial charge >= 0.3 is 0 Å². The molecule has 2 aromatic rings. The Balaban J connectivity index is 2.54. The minimum Gasteiger partial charge on any atom is -0.497 e. The fourth-order valence-electron chi connectivity index (χ4n) is 2.09. The summed E-state index contributed by atoms with van der Waals surface area (Å²) in [6, 6.07) is 5.27. The molecule has 2 rings (SSSR count). The average molecular weight is 289 g/mol. The van der Waals surface area contributed by atoms with E-state index in [4.69, 9.17) is 15.2 Å². The maximum Gasteiger partial charge on any atom is 0.256 e. The maximum absolute atomic E-state index is 12.1. The first-order valence-corrected chi connectivity index (χ1v) is 6.71. The molecule has 1 aromatic heterocycles. The molecule has 0 unspecified atom stereocenters. The predicted molar refractivity (Wildman–Crippen MR) is 81.8 cm³/mol. The van der Waals surface area contributed by atoms with Gasteiger partial charge in [-0.2, -0.15) is 0 Å². The van der Waals surface area contributed by atoms with Gasteiger partial charge in [0.2, 0.25) is 0 Å². The van der Waals surface area contributed by atoms with Gasteiger partial charge in [-0.1, -0.05) is 13.3 Å². The van der Waals surface area contributed by atoms with E-state index in [9.17, 15) is 4.79 Å². The smallest absolute Gasteiger partial charge is 0.256 e. The van der Waals surface area contributed by atoms with Crippen LogP contribution in [-0.4, -0.2) is 24.2 Å². The van der Waals surface area contributed by atoms with Crippen molar-refractivity contribution in [1.29, 1.82) is 0 Å². The van der Waals surface area contributed by atoms with Crippen LogP contribution in [0.4, 0.5) is 5.82 Å². The highest BCUT2D eigenvalue weighted by molar-refractivity contribution is 5.62. The number of nitrogens with zero attached hydrogens (tertiary/aromatic N) is 1. The van der Waals surface area contributed by atoms with Crippen molar-refractivity contribution in [3.8, 4) is 22.9 Å². The van der Waals surface area contributed by atoms with Crippen LogP contribution in [0.1, 0.15) is 18.9 Å². The van der Waals surface area contributed by atoms with Crippen LogP contribution in [0.25, 0.3) is 11.4 Å². The maximum atomic E-state index is 12.1. The number of H-pyrrole nitrogens is 1. The first kappa shape index (κ1) is 14.9. The summed E-state index contributed by atoms with van der Waals surface area (Å²) in [4.78, 5) is 19.1. The molecule has 112 valence electrons. The van der Waals surface area contributed by atoms with Crippen LogP contribution in [0.15, 0.2) is 23.0 Å². The van der Waals surface area contributed by atoms with E-state index in [-0.39, 0.29) is 11.4 Å². The highest BCUT2D eigenvalue weighted by Gasteiger charge is 2.11. The number of aromatic amines is 1. The molecule has 0 amide bonds. The molecule has 0 aliphatic heterocycles. The second kappa shape index (κ2) is 6.30. The van der Waals surface area contributed by atoms with Gasteiger partial charge in [0.1, 0.15) is 23.1 Å². The largest absolute Gasteiger partial charge is 0.497 e. The summed E-state index contributed by atoms with van der Waals surface area (Å²) >= 11 is 0. The molecule has 0 fully saturated rings. The zero-order valence-corrected chi connectivity index (χ0v) is 12.4. The second-order valence-corrected chi connectivity index (χ2v) is 4.63. The Kier molecular flexibility index (Phi) is 4.47. The van der Waals surface area contributed by atoms with Gasteiger partial charge in [0.05, 0.1) is 19.8 Å². The van der Waals surface area contributed by atoms with Gasteiger partial charge in [-0.05, 0) is 18.6 Å². The summed E-state index contributed by atoms with van der Waals surface area (Å²) in [5.74, 6) is 1.89. The molecule has 0 spiro atoms. The Morgan fingerprint density at radius 3 is 2.29 bits per heavy atom. The summed E-state index contributed by atoms with van der Waals surface area (Å²) in [5, 5.41) is 0. The molecule has 21 heavy (non-hydrogen) atoms. The van der Waals surface area contributed by atoms with Crippen molar-refractivity contribution in [2.45, 2.75) is 19.8 Å². The van der Waals surface area contributed by atoms with E-state index in [0.29, 0.717) is 34.9 Å². The van der Waals surface area contributed by atoms with Gasteiger partial charge in [0, 0.05) is 11.6 Å². The van der Waals surface area contributed by atoms with Gasteiger partial charge in [0.15, 0.2) is 0 Å². The van der Waals surface area contributed by atoms with E-state index < -0.39 is 0 Å². The van der Waals surface area contributed by atoms with Crippen molar-refractivity contribution < 1.29 is 9.47 Å². The summed E-state index contributed by atoms with van der Waals surface area (Å²) in [6.07, 6.45) is 1.44. The molecule has 1 heterocycles. The molecule has 0 saturated heterocycles. The molecule has 0 aliphatic rings. The molecule has 3 N–H and O–H groups in total. The molecule has 6 nitrogen and oxygen atoms in total. The van der Waals surface area contributed by atoms with Crippen molar-refractivity contribution in [1.82, 2.24) is 9.97 Å². The SMILES string of the molecule is CCCc1c(N)nc(-c2cc(OC)cc(OC)c2)[nH]c1=O. The lowest BCUT2D eigenvalue weighted by molar-refractivity contribution is 0.394. The Morgan fingerprint density at radius 2 is 1.81 bits per heavy atom. The van der Waals surface area contributed by atoms with Crippen LogP contribution in [0.5, 0.6) is 11.5 Å². The third-order valence-electron chi connectivity index (χ3n) is 3.17. The standard InChI is InChI=1S/C15H19N3O3/c1-4-5-12-13(16)17-14(18-15(12)19)9-6-10(20-2)8-11(7-9)21-3/h6-8H,4-5H2,1-3H3,(H3,16,17,18,19). The molecule has 6 heteroatoms. The van der Waals surface area contributed by atoms with E-state index in [0.717, 1.165) is 6.42 Å². The zero-order valence-electron chi connectivity index (χ0n) is 12.4. The van der Waals surface area contributed by atoms with Gasteiger partial charge in [-0.25, -0.2) is 4.98 Å². The molecular formula is C15H19N3O3. The van der Waals surface area contributed by atoms with E-state index in [2.05, 4.69) is 9.97 Å². The number of hydrogen-bond donors (Lipinski definition) is 2. The molecule has 0 saturated carbocycles. The van der Waals surface area contributed by atoms with Gasteiger partial charge in [-0.15, -0.1) is 0 Å². The highest BCUT2D eigenvalue weighted by Crippen LogP contribution is 2.28. The summed E-state index contributed by atoms with van der Waals surface area (Å²) < 4.78 is 10.4. The lowest BCUT2D eigenvalue weighted by Crippen LogP contribution is -2.18. The minimum atomic E-state index is -0.207. The number of nitrogen functional groups attached to an aromatic ring is 1. The third kappa shape index (κ3) is 3.16. The zero-order chi connectivity index (χ0) is 15.4. The number of nitrogens with two attached hydrogens (primary N) is 1. The quantitative estimate of drug-likeness (QED) is 0.878.